The molecular weight excluding hydrogens is 391 g/mol. The normalized spacial score (nSPS) is 13.3. The summed E-state index contributed by atoms with van der Waals surface area (Å²) in [6.07, 6.45) is 0. The number of hydrogen-bond donors (Lipinski definition) is 0. The van der Waals surface area contributed by atoms with Crippen molar-refractivity contribution < 1.29 is 4.43 Å². The van der Waals surface area contributed by atoms with Crippen molar-refractivity contribution in [3.8, 4) is 5.75 Å². The van der Waals surface area contributed by atoms with Gasteiger partial charge < -0.3 is 0 Å². The zero-order valence-corrected chi connectivity index (χ0v) is 19.8. The van der Waals surface area contributed by atoms with Crippen LogP contribution in [0.25, 0.3) is 0 Å². The van der Waals surface area contributed by atoms with Gasteiger partial charge >= 0.3 is 150 Å². The molecule has 0 fully saturated rings. The average molecular weight is 425 g/mol. The van der Waals surface area contributed by atoms with Crippen molar-refractivity contribution >= 4 is 33.0 Å². The van der Waals surface area contributed by atoms with Crippen molar-refractivity contribution in [2.45, 2.75) is 82.4 Å². The van der Waals surface area contributed by atoms with E-state index in [4.69, 9.17) is 4.43 Å². The topological polar surface area (TPSA) is 9.23 Å². The first-order valence-corrected chi connectivity index (χ1v) is 13.6. The van der Waals surface area contributed by atoms with Crippen molar-refractivity contribution in [3.05, 3.63) is 24.3 Å². The van der Waals surface area contributed by atoms with Crippen LogP contribution in [0.3, 0.4) is 0 Å². The molecule has 124 valence electrons. The molecule has 0 aliphatic heterocycles. The van der Waals surface area contributed by atoms with Gasteiger partial charge in [0.25, 0.3) is 0 Å². The van der Waals surface area contributed by atoms with Gasteiger partial charge in [0, 0.05) is 0 Å². The molecule has 0 amide bonds. The minimum absolute atomic E-state index is 0.477. The van der Waals surface area contributed by atoms with Crippen molar-refractivity contribution in [2.75, 3.05) is 0 Å². The second kappa shape index (κ2) is 7.74. The first kappa shape index (κ1) is 20.1. The monoisotopic (exact) mass is 426 g/mol. The molecule has 1 rings (SSSR count). The molecule has 1 aromatic rings. The van der Waals surface area contributed by atoms with Crippen LogP contribution in [0.2, 0.25) is 20.1 Å². The maximum atomic E-state index is 6.81. The van der Waals surface area contributed by atoms with E-state index in [0.29, 0.717) is 20.1 Å². The van der Waals surface area contributed by atoms with Gasteiger partial charge in [-0.25, -0.2) is 0 Å². The summed E-state index contributed by atoms with van der Waals surface area (Å²) in [5, 5.41) is 0. The Balaban J connectivity index is 3.12. The molecule has 3 heteroatoms. The quantitative estimate of drug-likeness (QED) is 0.525. The summed E-state index contributed by atoms with van der Waals surface area (Å²) in [5.41, 5.74) is 1.87. The third-order valence-corrected chi connectivity index (χ3v) is 14.2. The fourth-order valence-corrected chi connectivity index (χ4v) is 12.5. The van der Waals surface area contributed by atoms with Gasteiger partial charge in [-0.15, -0.1) is 0 Å². The number of rotatable bonds is 6. The predicted octanol–water partition coefficient (Wildman–Crippen LogP) is 5.79. The first-order valence-electron chi connectivity index (χ1n) is 8.56. The van der Waals surface area contributed by atoms with E-state index < -0.39 is 29.5 Å². The van der Waals surface area contributed by atoms with Crippen LogP contribution in [0.1, 0.15) is 62.3 Å². The van der Waals surface area contributed by atoms with Crippen LogP contribution in [0, 0.1) is 0 Å². The summed E-state index contributed by atoms with van der Waals surface area (Å²) in [7, 11) is -1.83. The van der Waals surface area contributed by atoms with Crippen LogP contribution in [-0.2, 0) is 0 Å². The second-order valence-corrected chi connectivity index (χ2v) is 20.3. The molecule has 1 nitrogen and oxygen atoms in total. The van der Waals surface area contributed by atoms with Crippen molar-refractivity contribution in [2.24, 2.45) is 0 Å². The summed E-state index contributed by atoms with van der Waals surface area (Å²) in [6.45, 7) is 21.2. The molecule has 0 unspecified atom stereocenters. The fourth-order valence-electron chi connectivity index (χ4n) is 3.63. The van der Waals surface area contributed by atoms with E-state index in [2.05, 4.69) is 86.6 Å². The third kappa shape index (κ3) is 5.02. The Morgan fingerprint density at radius 1 is 0.909 bits per heavy atom. The molecule has 0 aliphatic carbocycles. The van der Waals surface area contributed by atoms with Crippen LogP contribution in [0.4, 0.5) is 0 Å². The van der Waals surface area contributed by atoms with Crippen LogP contribution in [0.15, 0.2) is 24.3 Å². The summed E-state index contributed by atoms with van der Waals surface area (Å²) in [6, 6.07) is 9.00. The van der Waals surface area contributed by atoms with E-state index in [9.17, 15) is 0 Å². The Kier molecular flexibility index (Phi) is 7.06. The third-order valence-electron chi connectivity index (χ3n) is 4.36. The second-order valence-electron chi connectivity index (χ2n) is 8.32. The van der Waals surface area contributed by atoms with Crippen LogP contribution >= 0.6 is 0 Å². The number of benzene rings is 1. The fraction of sp³-hybridized carbons (Fsp3) is 0.684. The first-order chi connectivity index (χ1) is 9.99. The SMILES string of the molecule is CC(C)[Si](Oc1ccc[c]([Sn][C](C)(C)C)c1)(C(C)C)C(C)C. The van der Waals surface area contributed by atoms with E-state index >= 15 is 0 Å². The Bertz CT molecular complexity index is 453. The van der Waals surface area contributed by atoms with Gasteiger partial charge in [-0.1, -0.05) is 0 Å². The summed E-state index contributed by atoms with van der Waals surface area (Å²) >= 11 is -0.574. The van der Waals surface area contributed by atoms with Crippen molar-refractivity contribution in [1.29, 1.82) is 0 Å². The molecule has 0 atom stereocenters. The zero-order valence-electron chi connectivity index (χ0n) is 15.9. The molecule has 0 spiro atoms. The molecule has 0 saturated heterocycles. The molecule has 0 heterocycles. The van der Waals surface area contributed by atoms with Crippen LogP contribution < -0.4 is 8.01 Å². The maximum absolute atomic E-state index is 6.81. The Morgan fingerprint density at radius 3 is 1.82 bits per heavy atom. The van der Waals surface area contributed by atoms with Crippen LogP contribution in [-0.4, -0.2) is 29.5 Å². The van der Waals surface area contributed by atoms with Crippen molar-refractivity contribution in [3.63, 3.8) is 0 Å². The molecule has 0 bridgehead atoms. The Morgan fingerprint density at radius 2 is 1.41 bits per heavy atom. The Hall–Kier alpha value is 0.0356. The van der Waals surface area contributed by atoms with E-state index in [1.807, 2.05) is 0 Å². The predicted molar refractivity (Wildman–Crippen MR) is 103 cm³/mol. The van der Waals surface area contributed by atoms with Gasteiger partial charge in [-0.05, 0) is 0 Å². The average Bonchev–Trinajstić information content (AvgIpc) is 2.32. The molecule has 0 aromatic heterocycles. The molecule has 0 N–H and O–H groups in total. The Labute approximate surface area is 149 Å². The van der Waals surface area contributed by atoms with E-state index in [-0.39, 0.29) is 0 Å². The van der Waals surface area contributed by atoms with Gasteiger partial charge in [-0.3, -0.25) is 0 Å². The van der Waals surface area contributed by atoms with Gasteiger partial charge in [0.1, 0.15) is 0 Å². The molecule has 22 heavy (non-hydrogen) atoms. The van der Waals surface area contributed by atoms with Crippen molar-refractivity contribution in [1.82, 2.24) is 0 Å². The number of hydrogen-bond acceptors (Lipinski definition) is 1. The molecule has 0 saturated carbocycles. The minimum atomic E-state index is -1.83. The van der Waals surface area contributed by atoms with E-state index in [1.165, 1.54) is 0 Å². The molecule has 0 aliphatic rings. The van der Waals surface area contributed by atoms with Gasteiger partial charge in [-0.2, -0.15) is 0 Å². The summed E-state index contributed by atoms with van der Waals surface area (Å²) in [5.74, 6) is 1.12. The van der Waals surface area contributed by atoms with E-state index in [0.717, 1.165) is 5.75 Å². The molecule has 1 aromatic carbocycles. The molecule has 2 radical (unpaired) electrons. The van der Waals surface area contributed by atoms with Gasteiger partial charge in [0.15, 0.2) is 0 Å². The summed E-state index contributed by atoms with van der Waals surface area (Å²) in [4.78, 5) is 0. The van der Waals surface area contributed by atoms with Gasteiger partial charge in [0.05, 0.1) is 0 Å². The standard InChI is InChI=1S/C15H25OSi.C4H9.Sn/c1-12(2)17(13(3)4,14(5)6)16-15-10-8-7-9-11-15;1-4(2)3;/h7-8,10-14H,1-6H3;1-3H3;. The van der Waals surface area contributed by atoms with Crippen LogP contribution in [0.5, 0.6) is 5.75 Å². The summed E-state index contributed by atoms with van der Waals surface area (Å²) < 4.78 is 8.83. The van der Waals surface area contributed by atoms with Gasteiger partial charge in [0.2, 0.25) is 0 Å². The zero-order chi connectivity index (χ0) is 17.1. The molecular formula is C19H34OSiSn. The van der Waals surface area contributed by atoms with E-state index in [1.54, 1.807) is 3.58 Å².